The summed E-state index contributed by atoms with van der Waals surface area (Å²) >= 11 is 0. The number of fused-ring (bicyclic) bond motifs is 1. The normalized spacial score (nSPS) is 24.1. The quantitative estimate of drug-likeness (QED) is 0.607. The molecule has 0 unspecified atom stereocenters. The van der Waals surface area contributed by atoms with Crippen LogP contribution in [0.15, 0.2) is 24.5 Å². The van der Waals surface area contributed by atoms with E-state index < -0.39 is 21.7 Å². The number of sulfonamides is 1. The van der Waals surface area contributed by atoms with Gasteiger partial charge in [-0.25, -0.2) is 23.2 Å². The second-order valence-electron chi connectivity index (χ2n) is 11.0. The van der Waals surface area contributed by atoms with Crippen LogP contribution in [-0.4, -0.2) is 102 Å². The van der Waals surface area contributed by atoms with Gasteiger partial charge in [-0.3, -0.25) is 0 Å². The highest BCUT2D eigenvalue weighted by atomic mass is 32.2. The van der Waals surface area contributed by atoms with Crippen LogP contribution in [0, 0.1) is 0 Å². The van der Waals surface area contributed by atoms with Crippen LogP contribution in [0.3, 0.4) is 0 Å². The lowest BCUT2D eigenvalue weighted by Crippen LogP contribution is -2.51. The van der Waals surface area contributed by atoms with Crippen LogP contribution in [0.5, 0.6) is 0 Å². The lowest BCUT2D eigenvalue weighted by atomic mass is 10.0. The summed E-state index contributed by atoms with van der Waals surface area (Å²) in [5, 5.41) is 15.7. The van der Waals surface area contributed by atoms with Crippen molar-refractivity contribution in [3.63, 3.8) is 0 Å². The molecule has 2 saturated heterocycles. The summed E-state index contributed by atoms with van der Waals surface area (Å²) in [6.45, 7) is 9.94. The van der Waals surface area contributed by atoms with Crippen LogP contribution in [0.1, 0.15) is 40.5 Å². The number of rotatable bonds is 4. The van der Waals surface area contributed by atoms with Crippen molar-refractivity contribution in [3.8, 4) is 0 Å². The summed E-state index contributed by atoms with van der Waals surface area (Å²) in [4.78, 5) is 25.9. The van der Waals surface area contributed by atoms with Gasteiger partial charge in [-0.2, -0.15) is 4.31 Å². The average molecular weight is 535 g/mol. The molecule has 0 aliphatic carbocycles. The molecule has 2 fully saturated rings. The van der Waals surface area contributed by atoms with Gasteiger partial charge in [0.25, 0.3) is 0 Å². The molecule has 2 aromatic rings. The number of piperidine rings is 1. The van der Waals surface area contributed by atoms with Crippen molar-refractivity contribution in [2.24, 2.45) is 0 Å². The Morgan fingerprint density at radius 2 is 1.95 bits per heavy atom. The summed E-state index contributed by atoms with van der Waals surface area (Å²) in [7, 11) is -3.34. The molecule has 0 aromatic carbocycles. The fourth-order valence-corrected chi connectivity index (χ4v) is 5.75. The molecule has 37 heavy (non-hydrogen) atoms. The number of hydrogen-bond acceptors (Lipinski definition) is 9. The molecule has 2 aliphatic rings. The van der Waals surface area contributed by atoms with E-state index >= 15 is 0 Å². The Balaban J connectivity index is 1.53. The fourth-order valence-electron chi connectivity index (χ4n) is 4.89. The predicted octanol–water partition coefficient (Wildman–Crippen LogP) is 2.27. The number of amides is 1. The van der Waals surface area contributed by atoms with Gasteiger partial charge in [0.05, 0.1) is 18.4 Å². The number of β-amino-alcohol motifs (C(OH)–C–C–N with tert-alkyl or cyclic N) is 1. The Morgan fingerprint density at radius 3 is 2.62 bits per heavy atom. The van der Waals surface area contributed by atoms with Gasteiger partial charge in [-0.1, -0.05) is 0 Å². The molecule has 0 spiro atoms. The molecule has 2 N–H and O–H groups in total. The van der Waals surface area contributed by atoms with Crippen molar-refractivity contribution < 1.29 is 23.1 Å². The number of nitrogens with one attached hydrogen (secondary N) is 1. The first kappa shape index (κ1) is 27.3. The lowest BCUT2D eigenvalue weighted by Gasteiger charge is -2.35. The minimum absolute atomic E-state index is 0.0137. The smallest absolute Gasteiger partial charge is 0.410 e. The minimum Gasteiger partial charge on any atom is -0.444 e. The summed E-state index contributed by atoms with van der Waals surface area (Å²) in [6.07, 6.45) is 4.79. The van der Waals surface area contributed by atoms with Gasteiger partial charge in [0.2, 0.25) is 10.0 Å². The number of carbonyl (C=O) groups excluding carboxylic acids is 1. The molecular formula is C25H38N6O5S. The van der Waals surface area contributed by atoms with E-state index in [1.165, 1.54) is 4.31 Å². The standard InChI is InChI=1S/C25H38N6O5S/c1-17-15-29(24(33)36-25(2,3)4)10-6-11-31(17)23-19-13-22(27-14-18(19)7-9-26-23)28-20-8-12-30(16-21(20)32)37(5,34)35/h7,9,13-14,17,20-21,32H,6,8,10-12,15-16H2,1-5H3,(H,27,28)/t17-,20-,21-/m1/s1. The van der Waals surface area contributed by atoms with Gasteiger partial charge in [-0.15, -0.1) is 0 Å². The topological polar surface area (TPSA) is 128 Å². The Morgan fingerprint density at radius 1 is 1.19 bits per heavy atom. The van der Waals surface area contributed by atoms with Crippen LogP contribution in [0.2, 0.25) is 0 Å². The van der Waals surface area contributed by atoms with Gasteiger partial charge in [0.15, 0.2) is 0 Å². The maximum absolute atomic E-state index is 12.7. The van der Waals surface area contributed by atoms with Crippen molar-refractivity contribution in [1.82, 2.24) is 19.2 Å². The van der Waals surface area contributed by atoms with Crippen molar-refractivity contribution in [2.45, 2.75) is 64.3 Å². The van der Waals surface area contributed by atoms with Crippen LogP contribution in [-0.2, 0) is 14.8 Å². The van der Waals surface area contributed by atoms with Crippen molar-refractivity contribution in [3.05, 3.63) is 24.5 Å². The second kappa shape index (κ2) is 10.6. The van der Waals surface area contributed by atoms with E-state index in [-0.39, 0.29) is 24.7 Å². The molecule has 204 valence electrons. The van der Waals surface area contributed by atoms with Gasteiger partial charge >= 0.3 is 6.09 Å². The maximum Gasteiger partial charge on any atom is 0.410 e. The first-order valence-corrected chi connectivity index (χ1v) is 14.6. The molecule has 0 radical (unpaired) electrons. The number of aliphatic hydroxyl groups excluding tert-OH is 1. The lowest BCUT2D eigenvalue weighted by molar-refractivity contribution is 0.0251. The number of pyridine rings is 2. The summed E-state index contributed by atoms with van der Waals surface area (Å²) in [5.74, 6) is 1.41. The highest BCUT2D eigenvalue weighted by Gasteiger charge is 2.33. The summed E-state index contributed by atoms with van der Waals surface area (Å²) in [6, 6.07) is 3.53. The van der Waals surface area contributed by atoms with Gasteiger partial charge < -0.3 is 25.0 Å². The van der Waals surface area contributed by atoms with Crippen molar-refractivity contribution in [1.29, 1.82) is 0 Å². The molecule has 12 heteroatoms. The SMILES string of the molecule is C[C@@H]1CN(C(=O)OC(C)(C)C)CCCN1c1nccc2cnc(N[C@@H]3CCN(S(C)(=O)=O)C[C@H]3O)cc12. The third-order valence-corrected chi connectivity index (χ3v) is 8.01. The van der Waals surface area contributed by atoms with Crippen LogP contribution < -0.4 is 10.2 Å². The number of carbonyl (C=O) groups is 1. The second-order valence-corrected chi connectivity index (χ2v) is 13.0. The third-order valence-electron chi connectivity index (χ3n) is 6.74. The van der Waals surface area contributed by atoms with E-state index in [2.05, 4.69) is 22.1 Å². The summed E-state index contributed by atoms with van der Waals surface area (Å²) < 4.78 is 30.6. The van der Waals surface area contributed by atoms with E-state index in [4.69, 9.17) is 9.72 Å². The number of aliphatic hydroxyl groups is 1. The molecule has 2 aromatic heterocycles. The molecule has 1 amide bonds. The number of hydrogen-bond donors (Lipinski definition) is 2. The Kier molecular flexibility index (Phi) is 7.82. The molecule has 0 bridgehead atoms. The molecule has 3 atom stereocenters. The van der Waals surface area contributed by atoms with Gasteiger partial charge in [0, 0.05) is 61.9 Å². The highest BCUT2D eigenvalue weighted by molar-refractivity contribution is 7.88. The molecule has 4 rings (SSSR count). The van der Waals surface area contributed by atoms with E-state index in [0.717, 1.165) is 35.8 Å². The fraction of sp³-hybridized carbons (Fsp3) is 0.640. The maximum atomic E-state index is 12.7. The molecule has 11 nitrogen and oxygen atoms in total. The first-order chi connectivity index (χ1) is 17.3. The Labute approximate surface area is 218 Å². The van der Waals surface area contributed by atoms with Gasteiger partial charge in [-0.05, 0) is 52.7 Å². The largest absolute Gasteiger partial charge is 0.444 e. The first-order valence-electron chi connectivity index (χ1n) is 12.7. The third kappa shape index (κ3) is 6.60. The van der Waals surface area contributed by atoms with Gasteiger partial charge in [0.1, 0.15) is 17.2 Å². The zero-order valence-electron chi connectivity index (χ0n) is 22.2. The molecule has 0 saturated carbocycles. The predicted molar refractivity (Wildman–Crippen MR) is 143 cm³/mol. The van der Waals surface area contributed by atoms with Crippen LogP contribution in [0.25, 0.3) is 10.8 Å². The molecule has 4 heterocycles. The van der Waals surface area contributed by atoms with E-state index in [1.54, 1.807) is 17.3 Å². The Bertz CT molecular complexity index is 1230. The van der Waals surface area contributed by atoms with Crippen LogP contribution >= 0.6 is 0 Å². The highest BCUT2D eigenvalue weighted by Crippen LogP contribution is 2.30. The summed E-state index contributed by atoms with van der Waals surface area (Å²) in [5.41, 5.74) is -0.547. The van der Waals surface area contributed by atoms with Crippen LogP contribution in [0.4, 0.5) is 16.4 Å². The average Bonchev–Trinajstić information content (AvgIpc) is 3.00. The number of aromatic nitrogens is 2. The van der Waals surface area contributed by atoms with E-state index in [9.17, 15) is 18.3 Å². The monoisotopic (exact) mass is 534 g/mol. The van der Waals surface area contributed by atoms with E-state index in [1.807, 2.05) is 32.9 Å². The van der Waals surface area contributed by atoms with Crippen molar-refractivity contribution in [2.75, 3.05) is 49.2 Å². The molecular weight excluding hydrogens is 496 g/mol. The zero-order chi connectivity index (χ0) is 27.0. The number of ether oxygens (including phenoxy) is 1. The van der Waals surface area contributed by atoms with E-state index in [0.29, 0.717) is 31.9 Å². The zero-order valence-corrected chi connectivity index (χ0v) is 23.0. The number of nitrogens with zero attached hydrogens (tertiary/aromatic N) is 5. The van der Waals surface area contributed by atoms with Crippen molar-refractivity contribution >= 4 is 38.5 Å². The number of anilines is 2. The molecule has 2 aliphatic heterocycles. The Hall–Kier alpha value is -2.70. The minimum atomic E-state index is -3.34.